The summed E-state index contributed by atoms with van der Waals surface area (Å²) in [5.74, 6) is -2.52. The largest absolute Gasteiger partial charge is 0.395 e. The number of rotatable bonds is 11. The lowest BCUT2D eigenvalue weighted by Crippen LogP contribution is -2.50. The predicted molar refractivity (Wildman–Crippen MR) is 97.0 cm³/mol. The van der Waals surface area contributed by atoms with Crippen LogP contribution < -0.4 is 16.0 Å². The van der Waals surface area contributed by atoms with Gasteiger partial charge in [-0.2, -0.15) is 0 Å². The molecule has 2 unspecified atom stereocenters. The van der Waals surface area contributed by atoms with E-state index in [0.29, 0.717) is 12.1 Å². The number of nitrogens with one attached hydrogen (secondary N) is 3. The highest BCUT2D eigenvalue weighted by Gasteiger charge is 2.33. The minimum Gasteiger partial charge on any atom is -0.395 e. The number of Topliss-reactive ketones (excluding diaryl/α,β-unsaturated/α-hetero) is 1. The molecular formula is C18H28N4O4. The molecule has 0 spiro atoms. The molecule has 2 atom stereocenters. The summed E-state index contributed by atoms with van der Waals surface area (Å²) < 4.78 is 0. The number of carbonyl (C=O) groups excluding carboxylic acids is 3. The molecule has 26 heavy (non-hydrogen) atoms. The molecule has 0 radical (unpaired) electrons. The third kappa shape index (κ3) is 7.28. The predicted octanol–water partition coefficient (Wildman–Crippen LogP) is -0.374. The summed E-state index contributed by atoms with van der Waals surface area (Å²) in [7, 11) is 1.63. The Morgan fingerprint density at radius 1 is 1.23 bits per heavy atom. The van der Waals surface area contributed by atoms with Crippen molar-refractivity contribution in [2.24, 2.45) is 11.8 Å². The summed E-state index contributed by atoms with van der Waals surface area (Å²) in [6.45, 7) is 3.44. The van der Waals surface area contributed by atoms with Gasteiger partial charge < -0.3 is 21.1 Å². The SMILES string of the molecule is CNCC(=O)NC(CC(C)C)C(=O)C(CO)C(=O)NCc1ccccn1. The Morgan fingerprint density at radius 3 is 2.50 bits per heavy atom. The van der Waals surface area contributed by atoms with Crippen molar-refractivity contribution in [1.29, 1.82) is 0 Å². The molecule has 0 bridgehead atoms. The third-order valence-corrected chi connectivity index (χ3v) is 3.74. The van der Waals surface area contributed by atoms with Gasteiger partial charge in [-0.3, -0.25) is 19.4 Å². The van der Waals surface area contributed by atoms with Crippen molar-refractivity contribution in [1.82, 2.24) is 20.9 Å². The molecule has 1 rings (SSSR count). The average Bonchev–Trinajstić information content (AvgIpc) is 2.60. The van der Waals surface area contributed by atoms with Crippen molar-refractivity contribution >= 4 is 17.6 Å². The van der Waals surface area contributed by atoms with E-state index in [1.165, 1.54) is 0 Å². The number of aromatic nitrogens is 1. The van der Waals surface area contributed by atoms with Gasteiger partial charge in [0.1, 0.15) is 5.92 Å². The first-order valence-electron chi connectivity index (χ1n) is 8.65. The Labute approximate surface area is 153 Å². The molecule has 0 fully saturated rings. The van der Waals surface area contributed by atoms with Gasteiger partial charge in [0.15, 0.2) is 5.78 Å². The van der Waals surface area contributed by atoms with Crippen molar-refractivity contribution in [3.05, 3.63) is 30.1 Å². The molecule has 1 aromatic rings. The Bertz CT molecular complexity index is 592. The van der Waals surface area contributed by atoms with Gasteiger partial charge in [-0.25, -0.2) is 0 Å². The van der Waals surface area contributed by atoms with Crippen LogP contribution in [0.25, 0.3) is 0 Å². The molecule has 1 heterocycles. The van der Waals surface area contributed by atoms with Crippen molar-refractivity contribution < 1.29 is 19.5 Å². The number of carbonyl (C=O) groups is 3. The highest BCUT2D eigenvalue weighted by molar-refractivity contribution is 6.05. The molecule has 0 aromatic carbocycles. The Hall–Kier alpha value is -2.32. The topological polar surface area (TPSA) is 120 Å². The van der Waals surface area contributed by atoms with Crippen LogP contribution in [0.4, 0.5) is 0 Å². The van der Waals surface area contributed by atoms with E-state index in [1.54, 1.807) is 31.4 Å². The second-order valence-electron chi connectivity index (χ2n) is 6.46. The second-order valence-corrected chi connectivity index (χ2v) is 6.46. The molecule has 0 saturated heterocycles. The van der Waals surface area contributed by atoms with E-state index < -0.39 is 30.3 Å². The highest BCUT2D eigenvalue weighted by atomic mass is 16.3. The van der Waals surface area contributed by atoms with Crippen LogP contribution >= 0.6 is 0 Å². The molecule has 0 aliphatic heterocycles. The summed E-state index contributed by atoms with van der Waals surface area (Å²) in [6.07, 6.45) is 1.99. The van der Waals surface area contributed by atoms with Crippen molar-refractivity contribution in [3.63, 3.8) is 0 Å². The van der Waals surface area contributed by atoms with Gasteiger partial charge in [-0.1, -0.05) is 19.9 Å². The van der Waals surface area contributed by atoms with Gasteiger partial charge in [0.2, 0.25) is 11.8 Å². The maximum Gasteiger partial charge on any atom is 0.234 e. The van der Waals surface area contributed by atoms with Gasteiger partial charge >= 0.3 is 0 Å². The number of aliphatic hydroxyl groups excluding tert-OH is 1. The average molecular weight is 364 g/mol. The van der Waals surface area contributed by atoms with Gasteiger partial charge in [-0.05, 0) is 31.5 Å². The number of likely N-dealkylation sites (N-methyl/N-ethyl adjacent to an activating group) is 1. The first-order chi connectivity index (χ1) is 12.4. The number of hydrogen-bond acceptors (Lipinski definition) is 6. The van der Waals surface area contributed by atoms with Crippen LogP contribution in [0.1, 0.15) is 26.0 Å². The second kappa shape index (κ2) is 11.3. The van der Waals surface area contributed by atoms with Crippen LogP contribution in [0.2, 0.25) is 0 Å². The maximum atomic E-state index is 12.7. The standard InChI is InChI=1S/C18H28N4O4/c1-12(2)8-15(22-16(24)10-19-3)17(25)14(11-23)18(26)21-9-13-6-4-5-7-20-13/h4-7,12,14-15,19,23H,8-11H2,1-3H3,(H,21,26)(H,22,24). The van der Waals surface area contributed by atoms with E-state index in [4.69, 9.17) is 0 Å². The summed E-state index contributed by atoms with van der Waals surface area (Å²) in [4.78, 5) is 41.0. The fraction of sp³-hybridized carbons (Fsp3) is 0.556. The van der Waals surface area contributed by atoms with E-state index in [-0.39, 0.29) is 24.9 Å². The Morgan fingerprint density at radius 2 is 1.96 bits per heavy atom. The zero-order valence-corrected chi connectivity index (χ0v) is 15.5. The van der Waals surface area contributed by atoms with E-state index >= 15 is 0 Å². The Balaban J connectivity index is 2.76. The molecule has 0 saturated carbocycles. The lowest BCUT2D eigenvalue weighted by molar-refractivity contribution is -0.138. The van der Waals surface area contributed by atoms with Crippen LogP contribution in [0.3, 0.4) is 0 Å². The Kier molecular flexibility index (Phi) is 9.46. The first kappa shape index (κ1) is 21.7. The van der Waals surface area contributed by atoms with Crippen molar-refractivity contribution in [2.75, 3.05) is 20.2 Å². The fourth-order valence-corrected chi connectivity index (χ4v) is 2.47. The number of aliphatic hydroxyl groups is 1. The zero-order valence-electron chi connectivity index (χ0n) is 15.5. The molecular weight excluding hydrogens is 336 g/mol. The minimum atomic E-state index is -1.24. The van der Waals surface area contributed by atoms with Crippen LogP contribution in [-0.4, -0.2) is 53.9 Å². The third-order valence-electron chi connectivity index (χ3n) is 3.74. The maximum absolute atomic E-state index is 12.7. The van der Waals surface area contributed by atoms with E-state index in [0.717, 1.165) is 0 Å². The number of nitrogens with zero attached hydrogens (tertiary/aromatic N) is 1. The molecule has 8 nitrogen and oxygen atoms in total. The summed E-state index contributed by atoms with van der Waals surface area (Å²) in [5.41, 5.74) is 0.644. The number of amides is 2. The minimum absolute atomic E-state index is 0.0670. The van der Waals surface area contributed by atoms with Crippen molar-refractivity contribution in [2.45, 2.75) is 32.9 Å². The normalized spacial score (nSPS) is 13.1. The summed E-state index contributed by atoms with van der Waals surface area (Å²) in [5, 5.41) is 17.5. The van der Waals surface area contributed by atoms with E-state index in [2.05, 4.69) is 20.9 Å². The lowest BCUT2D eigenvalue weighted by Gasteiger charge is -2.23. The molecule has 0 aliphatic rings. The van der Waals surface area contributed by atoms with Crippen LogP contribution in [0, 0.1) is 11.8 Å². The number of pyridine rings is 1. The van der Waals surface area contributed by atoms with Gasteiger partial charge in [-0.15, -0.1) is 0 Å². The molecule has 144 valence electrons. The fourth-order valence-electron chi connectivity index (χ4n) is 2.47. The highest BCUT2D eigenvalue weighted by Crippen LogP contribution is 2.11. The zero-order chi connectivity index (χ0) is 19.5. The molecule has 0 aliphatic carbocycles. The number of ketones is 1. The molecule has 2 amide bonds. The molecule has 8 heteroatoms. The van der Waals surface area contributed by atoms with Crippen LogP contribution in [0.15, 0.2) is 24.4 Å². The van der Waals surface area contributed by atoms with Gasteiger partial charge in [0.05, 0.1) is 31.4 Å². The summed E-state index contributed by atoms with van der Waals surface area (Å²) in [6, 6.07) is 4.47. The van der Waals surface area contributed by atoms with Crippen LogP contribution in [-0.2, 0) is 20.9 Å². The van der Waals surface area contributed by atoms with Gasteiger partial charge in [0, 0.05) is 6.20 Å². The molecule has 1 aromatic heterocycles. The lowest BCUT2D eigenvalue weighted by atomic mass is 9.92. The monoisotopic (exact) mass is 364 g/mol. The van der Waals surface area contributed by atoms with Gasteiger partial charge in [0.25, 0.3) is 0 Å². The van der Waals surface area contributed by atoms with Crippen molar-refractivity contribution in [3.8, 4) is 0 Å². The summed E-state index contributed by atoms with van der Waals surface area (Å²) >= 11 is 0. The number of hydrogen-bond donors (Lipinski definition) is 4. The first-order valence-corrected chi connectivity index (χ1v) is 8.65. The molecule has 4 N–H and O–H groups in total. The quantitative estimate of drug-likeness (QED) is 0.398. The van der Waals surface area contributed by atoms with E-state index in [1.807, 2.05) is 13.8 Å². The smallest absolute Gasteiger partial charge is 0.234 e. The van der Waals surface area contributed by atoms with E-state index in [9.17, 15) is 19.5 Å². The van der Waals surface area contributed by atoms with Crippen LogP contribution in [0.5, 0.6) is 0 Å².